The Morgan fingerprint density at radius 2 is 1.69 bits per heavy atom. The van der Waals surface area contributed by atoms with Crippen LogP contribution in [0.1, 0.15) is 53.7 Å². The summed E-state index contributed by atoms with van der Waals surface area (Å²) in [5, 5.41) is 4.62. The number of hydrogen-bond acceptors (Lipinski definition) is 10. The molecule has 2 aromatic carbocycles. The summed E-state index contributed by atoms with van der Waals surface area (Å²) in [5.41, 5.74) is 7.45. The van der Waals surface area contributed by atoms with Gasteiger partial charge in [-0.1, -0.05) is 18.1 Å². The van der Waals surface area contributed by atoms with Crippen molar-refractivity contribution in [2.45, 2.75) is 63.0 Å². The van der Waals surface area contributed by atoms with Gasteiger partial charge >= 0.3 is 0 Å². The maximum Gasteiger partial charge on any atom is 0.255 e. The fraction of sp³-hybridized carbons (Fsp3) is 0.289. The number of imide groups is 1. The number of nitrogens with zero attached hydrogens (tertiary/aromatic N) is 5. The van der Waals surface area contributed by atoms with Crippen LogP contribution < -0.4 is 19.7 Å². The van der Waals surface area contributed by atoms with E-state index in [0.717, 1.165) is 70.1 Å². The molecule has 58 heavy (non-hydrogen) atoms. The Morgan fingerprint density at radius 1 is 0.810 bits per heavy atom. The zero-order valence-electron chi connectivity index (χ0n) is 31.5. The van der Waals surface area contributed by atoms with Crippen LogP contribution in [0, 0.1) is 11.8 Å². The molecular formula is C45H39N7O6. The fourth-order valence-electron chi connectivity index (χ4n) is 8.08. The molecule has 10 rings (SSSR count). The number of piperidine rings is 1. The van der Waals surface area contributed by atoms with E-state index in [1.54, 1.807) is 17.3 Å². The van der Waals surface area contributed by atoms with Gasteiger partial charge in [-0.3, -0.25) is 24.7 Å². The van der Waals surface area contributed by atoms with Crippen molar-refractivity contribution in [3.63, 3.8) is 0 Å². The summed E-state index contributed by atoms with van der Waals surface area (Å²) in [5.74, 6) is 6.72. The highest BCUT2D eigenvalue weighted by Crippen LogP contribution is 2.34. The third-order valence-electron chi connectivity index (χ3n) is 11.4. The van der Waals surface area contributed by atoms with Crippen molar-refractivity contribution >= 4 is 45.2 Å². The van der Waals surface area contributed by atoms with Gasteiger partial charge in [0.15, 0.2) is 0 Å². The molecule has 2 saturated heterocycles. The van der Waals surface area contributed by atoms with E-state index >= 15 is 0 Å². The summed E-state index contributed by atoms with van der Waals surface area (Å²) in [4.78, 5) is 57.4. The highest BCUT2D eigenvalue weighted by atomic mass is 16.5. The van der Waals surface area contributed by atoms with Gasteiger partial charge in [-0.2, -0.15) is 0 Å². The number of hydrogen-bond donors (Lipinski definition) is 2. The van der Waals surface area contributed by atoms with Crippen LogP contribution in [0.25, 0.3) is 32.9 Å². The van der Waals surface area contributed by atoms with E-state index in [4.69, 9.17) is 14.2 Å². The Balaban J connectivity index is 0.628. The molecule has 0 radical (unpaired) electrons. The zero-order valence-corrected chi connectivity index (χ0v) is 31.5. The van der Waals surface area contributed by atoms with Gasteiger partial charge in [0, 0.05) is 109 Å². The lowest BCUT2D eigenvalue weighted by Gasteiger charge is -2.40. The number of pyridine rings is 3. The Hall–Kier alpha value is -6.78. The number of amides is 3. The van der Waals surface area contributed by atoms with Crippen molar-refractivity contribution in [2.75, 3.05) is 24.6 Å². The SMILES string of the molecule is O=C1CCC(N2Cc3cc(N4CC(OCCC#Cc5ccc(OC6CC(Oc7ccc(-c8ccc9c(c8)[nH]c8ccncc89)cn7)C6)cn5)C4)ccc3C2=O)C(=O)N1. The molecule has 0 bridgehead atoms. The van der Waals surface area contributed by atoms with E-state index in [9.17, 15) is 14.4 Å². The van der Waals surface area contributed by atoms with Crippen molar-refractivity contribution in [1.82, 2.24) is 30.2 Å². The van der Waals surface area contributed by atoms with Crippen LogP contribution in [0.4, 0.5) is 5.69 Å². The molecule has 1 atom stereocenters. The normalized spacial score (nSPS) is 20.3. The first-order valence-corrected chi connectivity index (χ1v) is 19.6. The molecule has 13 nitrogen and oxygen atoms in total. The summed E-state index contributed by atoms with van der Waals surface area (Å²) in [7, 11) is 0. The van der Waals surface area contributed by atoms with Crippen molar-refractivity contribution in [2.24, 2.45) is 0 Å². The van der Waals surface area contributed by atoms with E-state index < -0.39 is 11.9 Å². The highest BCUT2D eigenvalue weighted by molar-refractivity contribution is 6.08. The first kappa shape index (κ1) is 35.6. The maximum absolute atomic E-state index is 13.0. The predicted molar refractivity (Wildman–Crippen MR) is 215 cm³/mol. The molecule has 3 amide bonds. The Morgan fingerprint density at radius 3 is 2.52 bits per heavy atom. The van der Waals surface area contributed by atoms with Gasteiger partial charge in [0.25, 0.3) is 5.91 Å². The average Bonchev–Trinajstić information content (AvgIpc) is 3.74. The van der Waals surface area contributed by atoms with Crippen LogP contribution in [0.5, 0.6) is 11.6 Å². The van der Waals surface area contributed by atoms with Crippen LogP contribution in [0.2, 0.25) is 0 Å². The standard InChI is InChI=1S/C45H39N7O6/c53-42-12-11-41(44(54)50-42)52-24-29-17-31(7-10-36(29)45(52)55)51-25-35(26-51)56-16-2-1-3-30-6-8-32(22-47-30)57-33-19-34(20-33)58-43-13-5-28(21-48-43)27-4-9-37-38-23-46-15-14-39(38)49-40(37)18-27/h4-10,13-15,17-18,21-23,33-35,41,49H,2,11-12,16,19-20,24-26H2,(H,50,53,54). The van der Waals surface area contributed by atoms with Crippen molar-refractivity contribution < 1.29 is 28.6 Å². The van der Waals surface area contributed by atoms with Crippen molar-refractivity contribution in [3.8, 4) is 34.6 Å². The van der Waals surface area contributed by atoms with Gasteiger partial charge in [-0.15, -0.1) is 0 Å². The Labute approximate surface area is 333 Å². The van der Waals surface area contributed by atoms with Gasteiger partial charge < -0.3 is 29.0 Å². The number of aromatic nitrogens is 4. The maximum atomic E-state index is 13.0. The largest absolute Gasteiger partial charge is 0.489 e. The second-order valence-electron chi connectivity index (χ2n) is 15.2. The lowest BCUT2D eigenvalue weighted by molar-refractivity contribution is -0.136. The minimum Gasteiger partial charge on any atom is -0.489 e. The predicted octanol–water partition coefficient (Wildman–Crippen LogP) is 5.57. The van der Waals surface area contributed by atoms with Gasteiger partial charge in [0.2, 0.25) is 17.7 Å². The lowest BCUT2D eigenvalue weighted by Crippen LogP contribution is -2.52. The first-order valence-electron chi connectivity index (χ1n) is 19.6. The number of carbonyl (C=O) groups is 3. The van der Waals surface area contributed by atoms with E-state index in [2.05, 4.69) is 60.2 Å². The number of H-pyrrole nitrogens is 1. The number of ether oxygens (including phenoxy) is 3. The molecule has 290 valence electrons. The van der Waals surface area contributed by atoms with Gasteiger partial charge in [0.05, 0.1) is 18.9 Å². The number of carbonyl (C=O) groups excluding carboxylic acids is 3. The number of anilines is 1. The first-order chi connectivity index (χ1) is 28.4. The van der Waals surface area contributed by atoms with E-state index in [0.29, 0.717) is 48.9 Å². The van der Waals surface area contributed by atoms with Crippen molar-refractivity contribution in [3.05, 3.63) is 108 Å². The van der Waals surface area contributed by atoms with E-state index in [1.807, 2.05) is 60.9 Å². The molecule has 2 N–H and O–H groups in total. The van der Waals surface area contributed by atoms with Gasteiger partial charge in [0.1, 0.15) is 29.7 Å². The second-order valence-corrected chi connectivity index (χ2v) is 15.2. The molecule has 1 unspecified atom stereocenters. The zero-order chi connectivity index (χ0) is 39.2. The molecule has 1 aliphatic carbocycles. The quantitative estimate of drug-likeness (QED) is 0.103. The molecule has 3 fully saturated rings. The van der Waals surface area contributed by atoms with Crippen molar-refractivity contribution in [1.29, 1.82) is 0 Å². The third kappa shape index (κ3) is 7.07. The van der Waals surface area contributed by atoms with Crippen LogP contribution >= 0.6 is 0 Å². The molecule has 7 heterocycles. The number of nitrogens with one attached hydrogen (secondary N) is 2. The molecule has 1 saturated carbocycles. The highest BCUT2D eigenvalue weighted by Gasteiger charge is 2.40. The molecular weight excluding hydrogens is 735 g/mol. The molecule has 4 aromatic heterocycles. The smallest absolute Gasteiger partial charge is 0.255 e. The van der Waals surface area contributed by atoms with Crippen LogP contribution in [0.3, 0.4) is 0 Å². The second kappa shape index (κ2) is 14.9. The van der Waals surface area contributed by atoms with Crippen LogP contribution in [0.15, 0.2) is 91.5 Å². The number of fused-ring (bicyclic) bond motifs is 4. The Kier molecular flexibility index (Phi) is 9.18. The lowest BCUT2D eigenvalue weighted by atomic mass is 9.92. The topological polar surface area (TPSA) is 152 Å². The molecule has 13 heteroatoms. The van der Waals surface area contributed by atoms with Crippen LogP contribution in [-0.2, 0) is 20.9 Å². The Bertz CT molecular complexity index is 2620. The van der Waals surface area contributed by atoms with Crippen LogP contribution in [-0.4, -0.2) is 86.6 Å². The number of rotatable bonds is 10. The summed E-state index contributed by atoms with van der Waals surface area (Å²) in [6.07, 6.45) is 10.2. The summed E-state index contributed by atoms with van der Waals surface area (Å²) in [6, 6.07) is 21.3. The van der Waals surface area contributed by atoms with E-state index in [1.165, 1.54) is 0 Å². The minimum absolute atomic E-state index is 0.0499. The summed E-state index contributed by atoms with van der Waals surface area (Å²) in [6.45, 7) is 2.39. The van der Waals surface area contributed by atoms with Gasteiger partial charge in [-0.05, 0) is 72.0 Å². The molecule has 4 aliphatic rings. The number of aromatic amines is 1. The minimum atomic E-state index is -0.614. The number of benzene rings is 2. The summed E-state index contributed by atoms with van der Waals surface area (Å²) >= 11 is 0. The van der Waals surface area contributed by atoms with Gasteiger partial charge in [-0.25, -0.2) is 9.97 Å². The van der Waals surface area contributed by atoms with E-state index in [-0.39, 0.29) is 36.5 Å². The molecule has 0 spiro atoms. The average molecular weight is 774 g/mol. The summed E-state index contributed by atoms with van der Waals surface area (Å²) < 4.78 is 18.3. The molecule has 6 aromatic rings. The molecule has 3 aliphatic heterocycles. The monoisotopic (exact) mass is 773 g/mol. The fourth-order valence-corrected chi connectivity index (χ4v) is 8.08. The third-order valence-corrected chi connectivity index (χ3v) is 11.4.